The lowest BCUT2D eigenvalue weighted by Crippen LogP contribution is -2.12. The van der Waals surface area contributed by atoms with Gasteiger partial charge in [0.2, 0.25) is 0 Å². The minimum absolute atomic E-state index is 0.214. The third-order valence-corrected chi connectivity index (χ3v) is 1.24. The third-order valence-electron chi connectivity index (χ3n) is 1.24. The maximum absolute atomic E-state index is 8.56. The minimum atomic E-state index is -1.83. The van der Waals surface area contributed by atoms with Gasteiger partial charge in [-0.2, -0.15) is 0 Å². The maximum atomic E-state index is 8.56. The predicted octanol–water partition coefficient (Wildman–Crippen LogP) is 1.39. The van der Waals surface area contributed by atoms with E-state index in [0.717, 1.165) is 5.56 Å². The Hall–Kier alpha value is -2.04. The monoisotopic (exact) mass is 196 g/mol. The molecule has 0 aliphatic heterocycles. The SMILES string of the molecule is N=C(N)Cc1ccccc1.O=C(O)O. The molecule has 0 spiro atoms. The van der Waals surface area contributed by atoms with Gasteiger partial charge in [-0.25, -0.2) is 4.79 Å². The summed E-state index contributed by atoms with van der Waals surface area (Å²) in [5.41, 5.74) is 6.30. The summed E-state index contributed by atoms with van der Waals surface area (Å²) in [5, 5.41) is 21.0. The zero-order valence-electron chi connectivity index (χ0n) is 7.47. The number of amidine groups is 1. The van der Waals surface area contributed by atoms with Crippen molar-refractivity contribution in [1.82, 2.24) is 0 Å². The van der Waals surface area contributed by atoms with E-state index in [1.165, 1.54) is 0 Å². The topological polar surface area (TPSA) is 107 Å². The maximum Gasteiger partial charge on any atom is 0.503 e. The lowest BCUT2D eigenvalue weighted by Gasteiger charge is -1.96. The third kappa shape index (κ3) is 8.06. The number of carbonyl (C=O) groups is 1. The van der Waals surface area contributed by atoms with Crippen molar-refractivity contribution in [2.24, 2.45) is 5.73 Å². The average molecular weight is 196 g/mol. The van der Waals surface area contributed by atoms with Crippen LogP contribution in [0.5, 0.6) is 0 Å². The summed E-state index contributed by atoms with van der Waals surface area (Å²) < 4.78 is 0. The molecule has 0 saturated carbocycles. The van der Waals surface area contributed by atoms with Crippen LogP contribution in [0.3, 0.4) is 0 Å². The van der Waals surface area contributed by atoms with Crippen LogP contribution in [0.2, 0.25) is 0 Å². The molecule has 0 heterocycles. The van der Waals surface area contributed by atoms with Gasteiger partial charge >= 0.3 is 6.16 Å². The molecule has 0 aromatic heterocycles. The van der Waals surface area contributed by atoms with Crippen LogP contribution in [0.4, 0.5) is 4.79 Å². The fourth-order valence-electron chi connectivity index (χ4n) is 0.816. The molecule has 0 atom stereocenters. The van der Waals surface area contributed by atoms with Gasteiger partial charge in [-0.1, -0.05) is 30.3 Å². The van der Waals surface area contributed by atoms with E-state index < -0.39 is 6.16 Å². The van der Waals surface area contributed by atoms with Crippen LogP contribution in [0.15, 0.2) is 30.3 Å². The molecule has 0 unspecified atom stereocenters. The van der Waals surface area contributed by atoms with Gasteiger partial charge in [-0.05, 0) is 5.56 Å². The van der Waals surface area contributed by atoms with Crippen LogP contribution in [0.1, 0.15) is 5.56 Å². The molecule has 0 saturated heterocycles. The fraction of sp³-hybridized carbons (Fsp3) is 0.111. The van der Waals surface area contributed by atoms with Gasteiger partial charge in [0.15, 0.2) is 0 Å². The largest absolute Gasteiger partial charge is 0.503 e. The smallest absolute Gasteiger partial charge is 0.450 e. The molecule has 0 fully saturated rings. The summed E-state index contributed by atoms with van der Waals surface area (Å²) in [6.45, 7) is 0. The molecule has 0 radical (unpaired) electrons. The zero-order chi connectivity index (χ0) is 11.0. The highest BCUT2D eigenvalue weighted by molar-refractivity contribution is 5.79. The van der Waals surface area contributed by atoms with Crippen molar-refractivity contribution >= 4 is 12.0 Å². The molecule has 0 bridgehead atoms. The molecule has 1 aromatic carbocycles. The van der Waals surface area contributed by atoms with Gasteiger partial charge in [0.05, 0.1) is 5.84 Å². The van der Waals surface area contributed by atoms with Crippen molar-refractivity contribution in [3.8, 4) is 0 Å². The molecule has 5 nitrogen and oxygen atoms in total. The van der Waals surface area contributed by atoms with Gasteiger partial charge in [-0.15, -0.1) is 0 Å². The van der Waals surface area contributed by atoms with E-state index in [1.807, 2.05) is 30.3 Å². The summed E-state index contributed by atoms with van der Waals surface area (Å²) in [4.78, 5) is 8.56. The summed E-state index contributed by atoms with van der Waals surface area (Å²) in [6.07, 6.45) is -1.28. The van der Waals surface area contributed by atoms with Crippen molar-refractivity contribution in [3.63, 3.8) is 0 Å². The molecule has 5 heteroatoms. The first-order valence-electron chi connectivity index (χ1n) is 3.81. The van der Waals surface area contributed by atoms with Crippen molar-refractivity contribution in [3.05, 3.63) is 35.9 Å². The number of rotatable bonds is 2. The van der Waals surface area contributed by atoms with E-state index >= 15 is 0 Å². The van der Waals surface area contributed by atoms with Crippen molar-refractivity contribution < 1.29 is 15.0 Å². The molecule has 5 N–H and O–H groups in total. The number of carboxylic acid groups (broad SMARTS) is 2. The first kappa shape index (κ1) is 12.0. The summed E-state index contributed by atoms with van der Waals surface area (Å²) in [6, 6.07) is 9.75. The first-order chi connectivity index (χ1) is 6.52. The van der Waals surface area contributed by atoms with E-state index in [9.17, 15) is 0 Å². The van der Waals surface area contributed by atoms with Gasteiger partial charge in [0, 0.05) is 6.42 Å². The van der Waals surface area contributed by atoms with Crippen molar-refractivity contribution in [2.45, 2.75) is 6.42 Å². The highest BCUT2D eigenvalue weighted by atomic mass is 16.6. The number of benzene rings is 1. The van der Waals surface area contributed by atoms with Crippen LogP contribution in [-0.2, 0) is 6.42 Å². The summed E-state index contributed by atoms with van der Waals surface area (Å²) in [5.74, 6) is 0.214. The second-order valence-electron chi connectivity index (χ2n) is 2.47. The molecular weight excluding hydrogens is 184 g/mol. The molecule has 0 aliphatic carbocycles. The summed E-state index contributed by atoms with van der Waals surface area (Å²) in [7, 11) is 0. The van der Waals surface area contributed by atoms with Gasteiger partial charge in [0.1, 0.15) is 0 Å². The van der Waals surface area contributed by atoms with Crippen LogP contribution in [0, 0.1) is 5.41 Å². The highest BCUT2D eigenvalue weighted by Gasteiger charge is 1.90. The molecule has 14 heavy (non-hydrogen) atoms. The quantitative estimate of drug-likeness (QED) is 0.423. The zero-order valence-corrected chi connectivity index (χ0v) is 7.47. The standard InChI is InChI=1S/C8H10N2.CH2O3/c9-8(10)6-7-4-2-1-3-5-7;2-1(3)4/h1-5H,6H2,(H3,9,10);(H2,2,3,4). The number of hydrogen-bond acceptors (Lipinski definition) is 2. The van der Waals surface area contributed by atoms with E-state index in [0.29, 0.717) is 6.42 Å². The predicted molar refractivity (Wildman–Crippen MR) is 52.7 cm³/mol. The Labute approximate surface area is 81.3 Å². The number of nitrogens with one attached hydrogen (secondary N) is 1. The normalized spacial score (nSPS) is 8.29. The van der Waals surface area contributed by atoms with Crippen molar-refractivity contribution in [1.29, 1.82) is 5.41 Å². The Morgan fingerprint density at radius 1 is 1.29 bits per heavy atom. The molecule has 1 rings (SSSR count). The summed E-state index contributed by atoms with van der Waals surface area (Å²) >= 11 is 0. The van der Waals surface area contributed by atoms with Crippen LogP contribution >= 0.6 is 0 Å². The second-order valence-corrected chi connectivity index (χ2v) is 2.47. The van der Waals surface area contributed by atoms with E-state index in [1.54, 1.807) is 0 Å². The van der Waals surface area contributed by atoms with Gasteiger partial charge < -0.3 is 15.9 Å². The highest BCUT2D eigenvalue weighted by Crippen LogP contribution is 1.97. The van der Waals surface area contributed by atoms with E-state index in [4.69, 9.17) is 26.2 Å². The lowest BCUT2D eigenvalue weighted by molar-refractivity contribution is 0.137. The lowest BCUT2D eigenvalue weighted by atomic mass is 10.1. The Morgan fingerprint density at radius 3 is 2.07 bits per heavy atom. The number of hydrogen-bond donors (Lipinski definition) is 4. The Balaban J connectivity index is 0.000000364. The van der Waals surface area contributed by atoms with E-state index in [-0.39, 0.29) is 5.84 Å². The molecule has 0 aliphatic rings. The molecule has 0 amide bonds. The van der Waals surface area contributed by atoms with Crippen LogP contribution < -0.4 is 5.73 Å². The molecule has 1 aromatic rings. The van der Waals surface area contributed by atoms with Gasteiger partial charge in [0.25, 0.3) is 0 Å². The van der Waals surface area contributed by atoms with Gasteiger partial charge in [-0.3, -0.25) is 5.41 Å². The second kappa shape index (κ2) is 6.47. The Morgan fingerprint density at radius 2 is 1.71 bits per heavy atom. The number of nitrogens with two attached hydrogens (primary N) is 1. The Bertz CT molecular complexity index is 294. The average Bonchev–Trinajstić information content (AvgIpc) is 2.03. The van der Waals surface area contributed by atoms with Crippen molar-refractivity contribution in [2.75, 3.05) is 0 Å². The first-order valence-corrected chi connectivity index (χ1v) is 3.81. The fourth-order valence-corrected chi connectivity index (χ4v) is 0.816. The van der Waals surface area contributed by atoms with E-state index in [2.05, 4.69) is 0 Å². The minimum Gasteiger partial charge on any atom is -0.450 e. The Kier molecular flexibility index (Phi) is 5.53. The van der Waals surface area contributed by atoms with Crippen LogP contribution in [0.25, 0.3) is 0 Å². The molecule has 76 valence electrons. The van der Waals surface area contributed by atoms with Crippen LogP contribution in [-0.4, -0.2) is 22.2 Å². The molecular formula is C9H12N2O3.